The van der Waals surface area contributed by atoms with E-state index in [0.717, 1.165) is 25.7 Å². The van der Waals surface area contributed by atoms with Gasteiger partial charge < -0.3 is 14.8 Å². The Morgan fingerprint density at radius 1 is 1.12 bits per heavy atom. The van der Waals surface area contributed by atoms with Gasteiger partial charge in [-0.1, -0.05) is 12.1 Å². The van der Waals surface area contributed by atoms with Gasteiger partial charge in [-0.25, -0.2) is 4.98 Å². The van der Waals surface area contributed by atoms with Crippen molar-refractivity contribution < 1.29 is 14.3 Å². The summed E-state index contributed by atoms with van der Waals surface area (Å²) in [4.78, 5) is 16.5. The number of carbonyl (C=O) groups excluding carboxylic acids is 1. The van der Waals surface area contributed by atoms with Gasteiger partial charge in [-0.2, -0.15) is 0 Å². The maximum absolute atomic E-state index is 12.3. The Bertz CT molecular complexity index is 667. The van der Waals surface area contributed by atoms with Crippen LogP contribution < -0.4 is 14.8 Å². The molecule has 0 aliphatic heterocycles. The molecule has 1 aromatic carbocycles. The molecule has 24 heavy (non-hydrogen) atoms. The van der Waals surface area contributed by atoms with E-state index in [2.05, 4.69) is 10.3 Å². The molecule has 1 amide bonds. The SMILES string of the molecule is COc1cccc(C(=O)NC2CCC(Oc3ccccn3)CC2)c1. The molecule has 1 aromatic heterocycles. The third-order valence-electron chi connectivity index (χ3n) is 4.27. The maximum atomic E-state index is 12.3. The highest BCUT2D eigenvalue weighted by Gasteiger charge is 2.24. The second-order valence-corrected chi connectivity index (χ2v) is 5.96. The molecule has 1 fully saturated rings. The lowest BCUT2D eigenvalue weighted by Gasteiger charge is -2.29. The highest BCUT2D eigenvalue weighted by Crippen LogP contribution is 2.23. The molecule has 0 unspecified atom stereocenters. The Morgan fingerprint density at radius 3 is 2.67 bits per heavy atom. The van der Waals surface area contributed by atoms with Crippen LogP contribution in [0, 0.1) is 0 Å². The van der Waals surface area contributed by atoms with Crippen LogP contribution in [-0.4, -0.2) is 30.1 Å². The fourth-order valence-electron chi connectivity index (χ4n) is 2.95. The van der Waals surface area contributed by atoms with Crippen molar-refractivity contribution in [2.45, 2.75) is 37.8 Å². The Kier molecular flexibility index (Phi) is 5.31. The van der Waals surface area contributed by atoms with Crippen LogP contribution in [0.25, 0.3) is 0 Å². The lowest BCUT2D eigenvalue weighted by Crippen LogP contribution is -2.39. The third kappa shape index (κ3) is 4.25. The van der Waals surface area contributed by atoms with E-state index in [0.29, 0.717) is 17.2 Å². The molecular weight excluding hydrogens is 304 g/mol. The van der Waals surface area contributed by atoms with Gasteiger partial charge >= 0.3 is 0 Å². The van der Waals surface area contributed by atoms with Gasteiger partial charge in [0.15, 0.2) is 0 Å². The molecule has 0 saturated heterocycles. The normalized spacial score (nSPS) is 20.2. The predicted octanol–water partition coefficient (Wildman–Crippen LogP) is 3.21. The third-order valence-corrected chi connectivity index (χ3v) is 4.27. The van der Waals surface area contributed by atoms with E-state index >= 15 is 0 Å². The minimum atomic E-state index is -0.0528. The first-order valence-corrected chi connectivity index (χ1v) is 8.27. The van der Waals surface area contributed by atoms with Gasteiger partial charge in [0.05, 0.1) is 7.11 Å². The van der Waals surface area contributed by atoms with E-state index in [1.165, 1.54) is 0 Å². The number of aromatic nitrogens is 1. The van der Waals surface area contributed by atoms with Crippen LogP contribution in [-0.2, 0) is 0 Å². The first-order valence-electron chi connectivity index (χ1n) is 8.27. The number of hydrogen-bond acceptors (Lipinski definition) is 4. The summed E-state index contributed by atoms with van der Waals surface area (Å²) in [5.41, 5.74) is 0.626. The van der Waals surface area contributed by atoms with Crippen LogP contribution in [0.5, 0.6) is 11.6 Å². The number of amides is 1. The molecule has 0 atom stereocenters. The predicted molar refractivity (Wildman–Crippen MR) is 91.4 cm³/mol. The van der Waals surface area contributed by atoms with E-state index < -0.39 is 0 Å². The molecule has 126 valence electrons. The molecule has 1 aliphatic rings. The topological polar surface area (TPSA) is 60.5 Å². The van der Waals surface area contributed by atoms with Crippen LogP contribution in [0.3, 0.4) is 0 Å². The highest BCUT2D eigenvalue weighted by molar-refractivity contribution is 5.94. The lowest BCUT2D eigenvalue weighted by atomic mass is 9.92. The minimum Gasteiger partial charge on any atom is -0.497 e. The van der Waals surface area contributed by atoms with E-state index in [1.807, 2.05) is 30.3 Å². The monoisotopic (exact) mass is 326 g/mol. The summed E-state index contributed by atoms with van der Waals surface area (Å²) in [6.07, 6.45) is 5.56. The first kappa shape index (κ1) is 16.3. The molecule has 0 radical (unpaired) electrons. The van der Waals surface area contributed by atoms with Gasteiger partial charge in [0, 0.05) is 23.9 Å². The zero-order chi connectivity index (χ0) is 16.8. The molecule has 1 heterocycles. The van der Waals surface area contributed by atoms with Gasteiger partial charge in [-0.3, -0.25) is 4.79 Å². The van der Waals surface area contributed by atoms with Gasteiger partial charge in [0.1, 0.15) is 11.9 Å². The van der Waals surface area contributed by atoms with E-state index in [4.69, 9.17) is 9.47 Å². The van der Waals surface area contributed by atoms with Gasteiger partial charge in [-0.05, 0) is 49.9 Å². The Hall–Kier alpha value is -2.56. The largest absolute Gasteiger partial charge is 0.497 e. The molecule has 5 nitrogen and oxygen atoms in total. The number of pyridine rings is 1. The molecule has 0 bridgehead atoms. The Balaban J connectivity index is 1.49. The number of nitrogens with zero attached hydrogens (tertiary/aromatic N) is 1. The number of methoxy groups -OCH3 is 1. The van der Waals surface area contributed by atoms with Crippen molar-refractivity contribution in [1.82, 2.24) is 10.3 Å². The van der Waals surface area contributed by atoms with Crippen molar-refractivity contribution in [3.8, 4) is 11.6 Å². The smallest absolute Gasteiger partial charge is 0.251 e. The number of carbonyl (C=O) groups is 1. The minimum absolute atomic E-state index is 0.0528. The first-order chi connectivity index (χ1) is 11.7. The summed E-state index contributed by atoms with van der Waals surface area (Å²) >= 11 is 0. The van der Waals surface area contributed by atoms with Crippen molar-refractivity contribution in [2.75, 3.05) is 7.11 Å². The van der Waals surface area contributed by atoms with Crippen LogP contribution in [0.4, 0.5) is 0 Å². The number of rotatable bonds is 5. The number of ether oxygens (including phenoxy) is 2. The lowest BCUT2D eigenvalue weighted by molar-refractivity contribution is 0.0890. The Labute approximate surface area is 142 Å². The van der Waals surface area contributed by atoms with E-state index in [-0.39, 0.29) is 18.1 Å². The number of hydrogen-bond donors (Lipinski definition) is 1. The molecule has 1 aliphatic carbocycles. The van der Waals surface area contributed by atoms with Crippen LogP contribution in [0.15, 0.2) is 48.7 Å². The molecule has 1 N–H and O–H groups in total. The zero-order valence-corrected chi connectivity index (χ0v) is 13.8. The summed E-state index contributed by atoms with van der Waals surface area (Å²) in [5.74, 6) is 1.31. The molecule has 1 saturated carbocycles. The highest BCUT2D eigenvalue weighted by atomic mass is 16.5. The van der Waals surface area contributed by atoms with Crippen LogP contribution in [0.1, 0.15) is 36.0 Å². The molecule has 3 rings (SSSR count). The summed E-state index contributed by atoms with van der Waals surface area (Å²) in [6.45, 7) is 0. The van der Waals surface area contributed by atoms with Gasteiger partial charge in [0.25, 0.3) is 5.91 Å². The number of nitrogens with one attached hydrogen (secondary N) is 1. The van der Waals surface area contributed by atoms with Crippen LogP contribution >= 0.6 is 0 Å². The average Bonchev–Trinajstić information content (AvgIpc) is 2.64. The number of benzene rings is 1. The quantitative estimate of drug-likeness (QED) is 0.916. The van der Waals surface area contributed by atoms with E-state index in [9.17, 15) is 4.79 Å². The molecule has 5 heteroatoms. The van der Waals surface area contributed by atoms with Crippen LogP contribution in [0.2, 0.25) is 0 Å². The molecular formula is C19H22N2O3. The fraction of sp³-hybridized carbons (Fsp3) is 0.368. The standard InChI is InChI=1S/C19H22N2O3/c1-23-17-6-4-5-14(13-17)19(22)21-15-8-10-16(11-9-15)24-18-7-2-3-12-20-18/h2-7,12-13,15-16H,8-11H2,1H3,(H,21,22). The van der Waals surface area contributed by atoms with Gasteiger partial charge in [-0.15, -0.1) is 0 Å². The van der Waals surface area contributed by atoms with Crippen molar-refractivity contribution in [1.29, 1.82) is 0 Å². The molecule has 0 spiro atoms. The van der Waals surface area contributed by atoms with Crippen molar-refractivity contribution in [3.63, 3.8) is 0 Å². The summed E-state index contributed by atoms with van der Waals surface area (Å²) in [5, 5.41) is 3.11. The second-order valence-electron chi connectivity index (χ2n) is 5.96. The van der Waals surface area contributed by atoms with Crippen molar-refractivity contribution in [3.05, 3.63) is 54.2 Å². The van der Waals surface area contributed by atoms with Crippen molar-refractivity contribution >= 4 is 5.91 Å². The Morgan fingerprint density at radius 2 is 1.96 bits per heavy atom. The maximum Gasteiger partial charge on any atom is 0.251 e. The summed E-state index contributed by atoms with van der Waals surface area (Å²) in [6, 6.07) is 13.1. The van der Waals surface area contributed by atoms with Gasteiger partial charge in [0.2, 0.25) is 5.88 Å². The van der Waals surface area contributed by atoms with Crippen molar-refractivity contribution in [2.24, 2.45) is 0 Å². The average molecular weight is 326 g/mol. The summed E-state index contributed by atoms with van der Waals surface area (Å²) < 4.78 is 11.0. The zero-order valence-electron chi connectivity index (χ0n) is 13.8. The van der Waals surface area contributed by atoms with E-state index in [1.54, 1.807) is 25.4 Å². The fourth-order valence-corrected chi connectivity index (χ4v) is 2.95. The summed E-state index contributed by atoms with van der Waals surface area (Å²) in [7, 11) is 1.60. The second kappa shape index (κ2) is 7.81. The molecule has 2 aromatic rings.